The Morgan fingerprint density at radius 3 is 2.93 bits per heavy atom. The number of halogens is 1. The zero-order valence-corrected chi connectivity index (χ0v) is 9.34. The molecule has 1 aromatic carbocycles. The van der Waals surface area contributed by atoms with E-state index in [2.05, 4.69) is 5.32 Å². The zero-order chi connectivity index (χ0) is 10.8. The Hall–Kier alpha value is -0.770. The van der Waals surface area contributed by atoms with Crippen LogP contribution in [0.4, 0.5) is 0 Å². The molecule has 82 valence electrons. The maximum Gasteiger partial charge on any atom is 0.123 e. The van der Waals surface area contributed by atoms with Gasteiger partial charge in [0.1, 0.15) is 5.75 Å². The van der Waals surface area contributed by atoms with Crippen molar-refractivity contribution in [1.29, 1.82) is 0 Å². The third kappa shape index (κ3) is 2.25. The minimum atomic E-state index is -0.146. The Balaban J connectivity index is 2.33. The van der Waals surface area contributed by atoms with Crippen LogP contribution in [0.1, 0.15) is 17.2 Å². The number of ether oxygens (including phenoxy) is 1. The molecule has 2 N–H and O–H groups in total. The summed E-state index contributed by atoms with van der Waals surface area (Å²) in [6.45, 7) is 4.08. The molecule has 0 aliphatic carbocycles. The third-order valence-electron chi connectivity index (χ3n) is 2.50. The molecule has 2 rings (SSSR count). The van der Waals surface area contributed by atoms with E-state index in [1.54, 1.807) is 6.07 Å². The number of rotatable bonds is 1. The van der Waals surface area contributed by atoms with Crippen LogP contribution in [-0.2, 0) is 4.74 Å². The van der Waals surface area contributed by atoms with Gasteiger partial charge in [0.25, 0.3) is 0 Å². The molecule has 0 bridgehead atoms. The highest BCUT2D eigenvalue weighted by molar-refractivity contribution is 6.31. The van der Waals surface area contributed by atoms with E-state index in [0.717, 1.165) is 12.1 Å². The number of benzene rings is 1. The first-order chi connectivity index (χ1) is 7.18. The van der Waals surface area contributed by atoms with Crippen LogP contribution in [-0.4, -0.2) is 24.8 Å². The fraction of sp³-hybridized carbons (Fsp3) is 0.455. The molecule has 0 radical (unpaired) electrons. The van der Waals surface area contributed by atoms with Gasteiger partial charge in [0.2, 0.25) is 0 Å². The van der Waals surface area contributed by atoms with Gasteiger partial charge in [-0.1, -0.05) is 11.6 Å². The van der Waals surface area contributed by atoms with E-state index in [1.807, 2.05) is 13.0 Å². The van der Waals surface area contributed by atoms with Gasteiger partial charge in [0.05, 0.1) is 17.7 Å². The van der Waals surface area contributed by atoms with Gasteiger partial charge in [-0.3, -0.25) is 0 Å². The first-order valence-electron chi connectivity index (χ1n) is 5.00. The summed E-state index contributed by atoms with van der Waals surface area (Å²) in [6, 6.07) is 3.55. The molecule has 1 aromatic rings. The first-order valence-corrected chi connectivity index (χ1v) is 5.37. The highest BCUT2D eigenvalue weighted by atomic mass is 35.5. The van der Waals surface area contributed by atoms with Gasteiger partial charge in [-0.25, -0.2) is 0 Å². The Morgan fingerprint density at radius 2 is 2.33 bits per heavy atom. The van der Waals surface area contributed by atoms with Crippen LogP contribution >= 0.6 is 11.6 Å². The number of phenols is 1. The second-order valence-electron chi connectivity index (χ2n) is 3.74. The number of nitrogens with one attached hydrogen (secondary N) is 1. The van der Waals surface area contributed by atoms with Crippen LogP contribution in [0.3, 0.4) is 0 Å². The summed E-state index contributed by atoms with van der Waals surface area (Å²) >= 11 is 6.10. The van der Waals surface area contributed by atoms with Crippen molar-refractivity contribution in [3.63, 3.8) is 0 Å². The van der Waals surface area contributed by atoms with Gasteiger partial charge in [0, 0.05) is 18.7 Å². The largest absolute Gasteiger partial charge is 0.508 e. The number of aromatic hydroxyl groups is 1. The van der Waals surface area contributed by atoms with E-state index < -0.39 is 0 Å². The van der Waals surface area contributed by atoms with Gasteiger partial charge in [-0.2, -0.15) is 0 Å². The summed E-state index contributed by atoms with van der Waals surface area (Å²) in [5, 5.41) is 13.6. The lowest BCUT2D eigenvalue weighted by atomic mass is 10.0. The number of phenolic OH excluding ortho intramolecular Hbond substituents is 1. The molecular weight excluding hydrogens is 214 g/mol. The molecule has 3 nitrogen and oxygen atoms in total. The number of hydrogen-bond acceptors (Lipinski definition) is 3. The molecule has 1 aliphatic heterocycles. The van der Waals surface area contributed by atoms with Crippen molar-refractivity contribution in [3.8, 4) is 5.75 Å². The van der Waals surface area contributed by atoms with Crippen molar-refractivity contribution in [3.05, 3.63) is 28.3 Å². The Morgan fingerprint density at radius 1 is 1.53 bits per heavy atom. The maximum atomic E-state index is 9.83. The summed E-state index contributed by atoms with van der Waals surface area (Å²) < 4.78 is 5.56. The Kier molecular flexibility index (Phi) is 3.14. The smallest absolute Gasteiger partial charge is 0.123 e. The molecule has 0 saturated carbocycles. The second kappa shape index (κ2) is 4.39. The average Bonchev–Trinajstić information content (AvgIpc) is 2.17. The molecule has 0 aromatic heterocycles. The molecule has 1 unspecified atom stereocenters. The van der Waals surface area contributed by atoms with Crippen LogP contribution in [0.25, 0.3) is 0 Å². The lowest BCUT2D eigenvalue weighted by Gasteiger charge is -2.25. The SMILES string of the molecule is Cc1cc(O)c(C2CNCCO2)c(Cl)c1. The quantitative estimate of drug-likeness (QED) is 0.771. The monoisotopic (exact) mass is 227 g/mol. The highest BCUT2D eigenvalue weighted by Gasteiger charge is 2.21. The summed E-state index contributed by atoms with van der Waals surface area (Å²) in [7, 11) is 0. The average molecular weight is 228 g/mol. The minimum absolute atomic E-state index is 0.146. The Labute approximate surface area is 94.0 Å². The van der Waals surface area contributed by atoms with Gasteiger partial charge in [-0.05, 0) is 24.6 Å². The standard InChI is InChI=1S/C11H14ClNO2/c1-7-4-8(12)11(9(14)5-7)10-6-13-2-3-15-10/h4-5,10,13-14H,2-3,6H2,1H3. The predicted molar refractivity (Wildman–Crippen MR) is 59.4 cm³/mol. The molecule has 1 atom stereocenters. The van der Waals surface area contributed by atoms with E-state index in [0.29, 0.717) is 23.7 Å². The molecule has 0 amide bonds. The lowest BCUT2D eigenvalue weighted by Crippen LogP contribution is -2.33. The van der Waals surface area contributed by atoms with E-state index in [4.69, 9.17) is 16.3 Å². The molecule has 1 heterocycles. The van der Waals surface area contributed by atoms with Crippen LogP contribution in [0.2, 0.25) is 5.02 Å². The zero-order valence-electron chi connectivity index (χ0n) is 8.59. The van der Waals surface area contributed by atoms with Crippen LogP contribution in [0, 0.1) is 6.92 Å². The summed E-state index contributed by atoms with van der Waals surface area (Å²) in [5.41, 5.74) is 1.64. The van der Waals surface area contributed by atoms with E-state index in [9.17, 15) is 5.11 Å². The van der Waals surface area contributed by atoms with E-state index in [-0.39, 0.29) is 11.9 Å². The molecule has 1 aliphatic rings. The molecule has 15 heavy (non-hydrogen) atoms. The van der Waals surface area contributed by atoms with E-state index in [1.165, 1.54) is 0 Å². The van der Waals surface area contributed by atoms with Gasteiger partial charge >= 0.3 is 0 Å². The fourth-order valence-corrected chi connectivity index (χ4v) is 2.20. The molecule has 4 heteroatoms. The van der Waals surface area contributed by atoms with Crippen molar-refractivity contribution >= 4 is 11.6 Å². The van der Waals surface area contributed by atoms with Crippen LogP contribution < -0.4 is 5.32 Å². The van der Waals surface area contributed by atoms with Gasteiger partial charge < -0.3 is 15.2 Å². The van der Waals surface area contributed by atoms with E-state index >= 15 is 0 Å². The van der Waals surface area contributed by atoms with Crippen molar-refractivity contribution in [1.82, 2.24) is 5.32 Å². The minimum Gasteiger partial charge on any atom is -0.508 e. The maximum absolute atomic E-state index is 9.83. The highest BCUT2D eigenvalue weighted by Crippen LogP contribution is 2.34. The topological polar surface area (TPSA) is 41.5 Å². The summed E-state index contributed by atoms with van der Waals surface area (Å²) in [4.78, 5) is 0. The van der Waals surface area contributed by atoms with Crippen molar-refractivity contribution < 1.29 is 9.84 Å². The first kappa shape index (κ1) is 10.7. The Bertz CT molecular complexity index is 339. The molecule has 1 fully saturated rings. The van der Waals surface area contributed by atoms with Crippen LogP contribution in [0.15, 0.2) is 12.1 Å². The molecular formula is C11H14ClNO2. The van der Waals surface area contributed by atoms with Crippen molar-refractivity contribution in [2.75, 3.05) is 19.7 Å². The van der Waals surface area contributed by atoms with Gasteiger partial charge in [-0.15, -0.1) is 0 Å². The summed E-state index contributed by atoms with van der Waals surface area (Å²) in [6.07, 6.45) is -0.146. The number of morpholine rings is 1. The van der Waals surface area contributed by atoms with Crippen molar-refractivity contribution in [2.45, 2.75) is 13.0 Å². The number of hydrogen-bond donors (Lipinski definition) is 2. The molecule has 0 spiro atoms. The third-order valence-corrected chi connectivity index (χ3v) is 2.81. The van der Waals surface area contributed by atoms with Gasteiger partial charge in [0.15, 0.2) is 0 Å². The molecule has 1 saturated heterocycles. The van der Waals surface area contributed by atoms with Crippen molar-refractivity contribution in [2.24, 2.45) is 0 Å². The fourth-order valence-electron chi connectivity index (χ4n) is 1.80. The van der Waals surface area contributed by atoms with Crippen LogP contribution in [0.5, 0.6) is 5.75 Å². The predicted octanol–water partition coefficient (Wildman–Crippen LogP) is 2.01. The summed E-state index contributed by atoms with van der Waals surface area (Å²) in [5.74, 6) is 0.216. The lowest BCUT2D eigenvalue weighted by molar-refractivity contribution is 0.0264. The number of aryl methyl sites for hydroxylation is 1. The normalized spacial score (nSPS) is 21.6. The second-order valence-corrected chi connectivity index (χ2v) is 4.15.